The quantitative estimate of drug-likeness (QED) is 0.841. The van der Waals surface area contributed by atoms with Crippen LogP contribution in [0.5, 0.6) is 0 Å². The van der Waals surface area contributed by atoms with E-state index in [4.69, 9.17) is 11.6 Å². The topological polar surface area (TPSA) is 12.0 Å². The van der Waals surface area contributed by atoms with Gasteiger partial charge >= 0.3 is 0 Å². The van der Waals surface area contributed by atoms with E-state index in [1.54, 1.807) is 0 Å². The molecule has 2 aromatic carbocycles. The molecule has 0 heterocycles. The minimum Gasteiger partial charge on any atom is -0.309 e. The van der Waals surface area contributed by atoms with Gasteiger partial charge < -0.3 is 5.32 Å². The SMILES string of the molecule is CC(C)(C)c1ccc(CNCc2cccc(Cl)c2)cc1. The van der Waals surface area contributed by atoms with Crippen molar-refractivity contribution in [2.45, 2.75) is 39.3 Å². The van der Waals surface area contributed by atoms with E-state index >= 15 is 0 Å². The Bertz CT molecular complexity index is 552. The molecule has 2 rings (SSSR count). The fourth-order valence-corrected chi connectivity index (χ4v) is 2.33. The fraction of sp³-hybridized carbons (Fsp3) is 0.333. The lowest BCUT2D eigenvalue weighted by Gasteiger charge is -2.19. The standard InChI is InChI=1S/C18H22ClN/c1-18(2,3)16-9-7-14(8-10-16)12-20-13-15-5-4-6-17(19)11-15/h4-11,20H,12-13H2,1-3H3. The highest BCUT2D eigenvalue weighted by molar-refractivity contribution is 6.30. The Morgan fingerprint density at radius 2 is 1.55 bits per heavy atom. The first kappa shape index (κ1) is 15.1. The number of rotatable bonds is 4. The fourth-order valence-electron chi connectivity index (χ4n) is 2.12. The van der Waals surface area contributed by atoms with E-state index in [9.17, 15) is 0 Å². The van der Waals surface area contributed by atoms with Gasteiger partial charge in [-0.3, -0.25) is 0 Å². The molecule has 0 saturated heterocycles. The monoisotopic (exact) mass is 287 g/mol. The minimum absolute atomic E-state index is 0.215. The summed E-state index contributed by atoms with van der Waals surface area (Å²) in [4.78, 5) is 0. The molecule has 0 fully saturated rings. The van der Waals surface area contributed by atoms with Crippen molar-refractivity contribution in [3.05, 3.63) is 70.2 Å². The molecule has 0 aliphatic heterocycles. The normalized spacial score (nSPS) is 11.6. The summed E-state index contributed by atoms with van der Waals surface area (Å²) in [6.07, 6.45) is 0. The van der Waals surface area contributed by atoms with Crippen LogP contribution in [0.4, 0.5) is 0 Å². The third-order valence-electron chi connectivity index (χ3n) is 3.37. The molecule has 1 N–H and O–H groups in total. The summed E-state index contributed by atoms with van der Waals surface area (Å²) in [6.45, 7) is 8.41. The van der Waals surface area contributed by atoms with Crippen LogP contribution < -0.4 is 5.32 Å². The van der Waals surface area contributed by atoms with Crippen molar-refractivity contribution in [3.8, 4) is 0 Å². The van der Waals surface area contributed by atoms with Gasteiger partial charge in [0, 0.05) is 18.1 Å². The zero-order valence-electron chi connectivity index (χ0n) is 12.4. The highest BCUT2D eigenvalue weighted by atomic mass is 35.5. The molecular formula is C18H22ClN. The molecule has 0 unspecified atom stereocenters. The molecule has 2 heteroatoms. The first-order valence-corrected chi connectivity index (χ1v) is 7.37. The van der Waals surface area contributed by atoms with Crippen molar-refractivity contribution >= 4 is 11.6 Å². The van der Waals surface area contributed by atoms with Gasteiger partial charge in [0.15, 0.2) is 0 Å². The zero-order valence-corrected chi connectivity index (χ0v) is 13.2. The molecule has 0 atom stereocenters. The molecule has 106 valence electrons. The van der Waals surface area contributed by atoms with E-state index in [0.29, 0.717) is 0 Å². The smallest absolute Gasteiger partial charge is 0.0409 e. The summed E-state index contributed by atoms with van der Waals surface area (Å²) in [5, 5.41) is 4.24. The van der Waals surface area contributed by atoms with Crippen LogP contribution in [0.2, 0.25) is 5.02 Å². The maximum atomic E-state index is 5.97. The Labute approximate surface area is 127 Å². The Morgan fingerprint density at radius 3 is 2.15 bits per heavy atom. The molecule has 0 amide bonds. The second-order valence-electron chi connectivity index (χ2n) is 6.18. The summed E-state index contributed by atoms with van der Waals surface area (Å²) in [5.74, 6) is 0. The Hall–Kier alpha value is -1.31. The zero-order chi connectivity index (χ0) is 14.6. The highest BCUT2D eigenvalue weighted by Crippen LogP contribution is 2.22. The first-order chi connectivity index (χ1) is 9.45. The number of halogens is 1. The van der Waals surface area contributed by atoms with E-state index < -0.39 is 0 Å². The van der Waals surface area contributed by atoms with Crippen LogP contribution in [-0.4, -0.2) is 0 Å². The van der Waals surface area contributed by atoms with Gasteiger partial charge in [-0.05, 0) is 34.2 Å². The molecule has 20 heavy (non-hydrogen) atoms. The second kappa shape index (κ2) is 6.43. The Kier molecular flexibility index (Phi) is 4.85. The number of hydrogen-bond acceptors (Lipinski definition) is 1. The molecule has 0 spiro atoms. The molecular weight excluding hydrogens is 266 g/mol. The molecule has 2 aromatic rings. The van der Waals surface area contributed by atoms with Crippen molar-refractivity contribution < 1.29 is 0 Å². The maximum Gasteiger partial charge on any atom is 0.0409 e. The van der Waals surface area contributed by atoms with E-state index in [1.807, 2.05) is 18.2 Å². The molecule has 0 aromatic heterocycles. The van der Waals surface area contributed by atoms with Crippen LogP contribution >= 0.6 is 11.6 Å². The van der Waals surface area contributed by atoms with Crippen LogP contribution in [0.3, 0.4) is 0 Å². The van der Waals surface area contributed by atoms with E-state index in [-0.39, 0.29) is 5.41 Å². The van der Waals surface area contributed by atoms with Crippen molar-refractivity contribution in [3.63, 3.8) is 0 Å². The number of nitrogens with one attached hydrogen (secondary N) is 1. The summed E-state index contributed by atoms with van der Waals surface area (Å²) in [7, 11) is 0. The van der Waals surface area contributed by atoms with Crippen molar-refractivity contribution in [2.24, 2.45) is 0 Å². The average molecular weight is 288 g/mol. The van der Waals surface area contributed by atoms with Crippen LogP contribution in [0.25, 0.3) is 0 Å². The van der Waals surface area contributed by atoms with Crippen LogP contribution in [0.1, 0.15) is 37.5 Å². The van der Waals surface area contributed by atoms with Gasteiger partial charge in [-0.15, -0.1) is 0 Å². The largest absolute Gasteiger partial charge is 0.309 e. The molecule has 0 bridgehead atoms. The van der Waals surface area contributed by atoms with E-state index in [1.165, 1.54) is 16.7 Å². The molecule has 0 aliphatic rings. The molecule has 1 nitrogen and oxygen atoms in total. The Morgan fingerprint density at radius 1 is 0.900 bits per heavy atom. The van der Waals surface area contributed by atoms with Crippen molar-refractivity contribution in [1.29, 1.82) is 0 Å². The Balaban J connectivity index is 1.88. The predicted octanol–water partition coefficient (Wildman–Crippen LogP) is 4.93. The first-order valence-electron chi connectivity index (χ1n) is 7.00. The molecule has 0 radical (unpaired) electrons. The number of benzene rings is 2. The van der Waals surface area contributed by atoms with E-state index in [2.05, 4.69) is 56.4 Å². The summed E-state index contributed by atoms with van der Waals surface area (Å²) in [6, 6.07) is 16.8. The minimum atomic E-state index is 0.215. The van der Waals surface area contributed by atoms with Gasteiger partial charge in [0.05, 0.1) is 0 Å². The van der Waals surface area contributed by atoms with Crippen LogP contribution in [0, 0.1) is 0 Å². The maximum absolute atomic E-state index is 5.97. The number of hydrogen-bond donors (Lipinski definition) is 1. The van der Waals surface area contributed by atoms with Gasteiger partial charge in [0.1, 0.15) is 0 Å². The average Bonchev–Trinajstić information content (AvgIpc) is 2.38. The van der Waals surface area contributed by atoms with Gasteiger partial charge in [0.25, 0.3) is 0 Å². The summed E-state index contributed by atoms with van der Waals surface area (Å²) >= 11 is 5.97. The second-order valence-corrected chi connectivity index (χ2v) is 6.62. The van der Waals surface area contributed by atoms with Crippen molar-refractivity contribution in [1.82, 2.24) is 5.32 Å². The van der Waals surface area contributed by atoms with Crippen LogP contribution in [-0.2, 0) is 18.5 Å². The van der Waals surface area contributed by atoms with Gasteiger partial charge in [-0.2, -0.15) is 0 Å². The van der Waals surface area contributed by atoms with Gasteiger partial charge in [-0.25, -0.2) is 0 Å². The third kappa shape index (κ3) is 4.36. The lowest BCUT2D eigenvalue weighted by molar-refractivity contribution is 0.589. The van der Waals surface area contributed by atoms with Gasteiger partial charge in [-0.1, -0.05) is 68.8 Å². The molecule has 0 saturated carbocycles. The lowest BCUT2D eigenvalue weighted by Crippen LogP contribution is -2.14. The third-order valence-corrected chi connectivity index (χ3v) is 3.60. The van der Waals surface area contributed by atoms with Crippen molar-refractivity contribution in [2.75, 3.05) is 0 Å². The van der Waals surface area contributed by atoms with Crippen LogP contribution in [0.15, 0.2) is 48.5 Å². The highest BCUT2D eigenvalue weighted by Gasteiger charge is 2.12. The predicted molar refractivity (Wildman–Crippen MR) is 87.1 cm³/mol. The van der Waals surface area contributed by atoms with E-state index in [0.717, 1.165) is 18.1 Å². The lowest BCUT2D eigenvalue weighted by atomic mass is 9.87. The summed E-state index contributed by atoms with van der Waals surface area (Å²) < 4.78 is 0. The molecule has 0 aliphatic carbocycles. The van der Waals surface area contributed by atoms with Gasteiger partial charge in [0.2, 0.25) is 0 Å². The summed E-state index contributed by atoms with van der Waals surface area (Å²) in [5.41, 5.74) is 4.10.